The van der Waals surface area contributed by atoms with Crippen LogP contribution in [0.2, 0.25) is 0 Å². The van der Waals surface area contributed by atoms with E-state index in [1.807, 2.05) is 16.7 Å². The van der Waals surface area contributed by atoms with Gasteiger partial charge in [0.15, 0.2) is 0 Å². The summed E-state index contributed by atoms with van der Waals surface area (Å²) in [5.41, 5.74) is 3.60. The Morgan fingerprint density at radius 1 is 1.00 bits per heavy atom. The molecule has 0 atom stereocenters. The molecule has 6 rings (SSSR count). The van der Waals surface area contributed by atoms with Crippen molar-refractivity contribution in [3.05, 3.63) is 64.3 Å². The van der Waals surface area contributed by atoms with Gasteiger partial charge < -0.3 is 19.4 Å². The fourth-order valence-corrected chi connectivity index (χ4v) is 5.91. The normalized spacial score (nSPS) is 21.2. The van der Waals surface area contributed by atoms with Gasteiger partial charge in [0.2, 0.25) is 5.95 Å². The molecule has 1 N–H and O–H groups in total. The van der Waals surface area contributed by atoms with Crippen LogP contribution in [0.3, 0.4) is 0 Å². The van der Waals surface area contributed by atoms with Crippen molar-refractivity contribution in [1.29, 1.82) is 0 Å². The van der Waals surface area contributed by atoms with E-state index in [2.05, 4.69) is 42.5 Å². The Kier molecular flexibility index (Phi) is 6.69. The van der Waals surface area contributed by atoms with Crippen molar-refractivity contribution < 1.29 is 9.15 Å². The Morgan fingerprint density at radius 2 is 1.81 bits per heavy atom. The van der Waals surface area contributed by atoms with Crippen LogP contribution in [0, 0.1) is 0 Å². The SMILES string of the molecule is CN(C)C1CCC(Nc2nc(Cc3ccc4ccoc4c3)c3ccc(=O)n(C4CCOCC4)c3n2)CC1. The molecular weight excluding hydrogens is 466 g/mol. The van der Waals surface area contributed by atoms with Gasteiger partial charge in [-0.15, -0.1) is 0 Å². The summed E-state index contributed by atoms with van der Waals surface area (Å²) in [4.78, 5) is 25.5. The Bertz CT molecular complexity index is 1450. The molecule has 37 heavy (non-hydrogen) atoms. The van der Waals surface area contributed by atoms with Crippen molar-refractivity contribution in [2.24, 2.45) is 0 Å². The highest BCUT2D eigenvalue weighted by Crippen LogP contribution is 2.29. The number of ether oxygens (including phenoxy) is 1. The summed E-state index contributed by atoms with van der Waals surface area (Å²) in [6.45, 7) is 1.32. The predicted octanol–water partition coefficient (Wildman–Crippen LogP) is 4.76. The fourth-order valence-electron chi connectivity index (χ4n) is 5.91. The largest absolute Gasteiger partial charge is 0.464 e. The standard InChI is InChI=1S/C29H35N5O3/c1-33(2)22-7-5-21(6-8-22)30-29-31-25(17-19-3-4-20-11-16-37-26(20)18-19)24-9-10-27(35)34(28(24)32-29)23-12-14-36-15-13-23/h3-4,9-11,16,18,21-23H,5-8,12-15,17H2,1-2H3,(H,30,31,32). The molecule has 0 unspecified atom stereocenters. The Balaban J connectivity index is 1.39. The van der Waals surface area contributed by atoms with Crippen LogP contribution in [0.15, 0.2) is 51.9 Å². The first-order valence-electron chi connectivity index (χ1n) is 13.4. The van der Waals surface area contributed by atoms with Gasteiger partial charge in [0.05, 0.1) is 12.0 Å². The maximum Gasteiger partial charge on any atom is 0.252 e. The molecule has 194 valence electrons. The van der Waals surface area contributed by atoms with Gasteiger partial charge in [-0.3, -0.25) is 9.36 Å². The predicted molar refractivity (Wildman–Crippen MR) is 145 cm³/mol. The maximum absolute atomic E-state index is 13.1. The number of benzene rings is 1. The number of pyridine rings is 1. The van der Waals surface area contributed by atoms with E-state index in [-0.39, 0.29) is 11.6 Å². The summed E-state index contributed by atoms with van der Waals surface area (Å²) in [5.74, 6) is 0.612. The highest BCUT2D eigenvalue weighted by Gasteiger charge is 2.25. The lowest BCUT2D eigenvalue weighted by molar-refractivity contribution is 0.0697. The Labute approximate surface area is 216 Å². The molecule has 0 bridgehead atoms. The van der Waals surface area contributed by atoms with Gasteiger partial charge in [0.1, 0.15) is 11.2 Å². The summed E-state index contributed by atoms with van der Waals surface area (Å²) >= 11 is 0. The number of hydrogen-bond donors (Lipinski definition) is 1. The Morgan fingerprint density at radius 3 is 2.59 bits per heavy atom. The fraction of sp³-hybridized carbons (Fsp3) is 0.483. The van der Waals surface area contributed by atoms with Crippen LogP contribution < -0.4 is 10.9 Å². The minimum atomic E-state index is -0.0153. The number of fused-ring (bicyclic) bond motifs is 2. The molecule has 3 aromatic heterocycles. The van der Waals surface area contributed by atoms with Gasteiger partial charge in [-0.1, -0.05) is 12.1 Å². The van der Waals surface area contributed by atoms with E-state index in [4.69, 9.17) is 19.1 Å². The summed E-state index contributed by atoms with van der Waals surface area (Å²) < 4.78 is 13.1. The molecule has 1 aliphatic carbocycles. The highest BCUT2D eigenvalue weighted by atomic mass is 16.5. The van der Waals surface area contributed by atoms with Gasteiger partial charge in [-0.25, -0.2) is 4.98 Å². The first-order valence-corrected chi connectivity index (χ1v) is 13.4. The molecule has 1 saturated heterocycles. The third-order valence-electron chi connectivity index (χ3n) is 8.07. The molecule has 2 aliphatic rings. The van der Waals surface area contributed by atoms with Crippen LogP contribution in [-0.4, -0.2) is 58.8 Å². The molecule has 1 aliphatic heterocycles. The molecule has 2 fully saturated rings. The van der Waals surface area contributed by atoms with Crippen molar-refractivity contribution in [2.45, 2.75) is 63.1 Å². The van der Waals surface area contributed by atoms with Crippen molar-refractivity contribution in [2.75, 3.05) is 32.6 Å². The third kappa shape index (κ3) is 5.00. The zero-order chi connectivity index (χ0) is 25.4. The first-order chi connectivity index (χ1) is 18.0. The number of furan rings is 1. The molecule has 0 radical (unpaired) electrons. The van der Waals surface area contributed by atoms with Crippen LogP contribution in [0.4, 0.5) is 5.95 Å². The molecule has 8 heteroatoms. The zero-order valence-corrected chi connectivity index (χ0v) is 21.7. The molecule has 0 spiro atoms. The van der Waals surface area contributed by atoms with Crippen LogP contribution >= 0.6 is 0 Å². The number of nitrogens with zero attached hydrogens (tertiary/aromatic N) is 4. The minimum absolute atomic E-state index is 0.0153. The van der Waals surface area contributed by atoms with E-state index >= 15 is 0 Å². The second-order valence-corrected chi connectivity index (χ2v) is 10.7. The number of nitrogens with one attached hydrogen (secondary N) is 1. The molecule has 1 aromatic carbocycles. The second kappa shape index (κ2) is 10.3. The van der Waals surface area contributed by atoms with Crippen molar-refractivity contribution >= 4 is 28.0 Å². The lowest BCUT2D eigenvalue weighted by Gasteiger charge is -2.33. The van der Waals surface area contributed by atoms with Gasteiger partial charge in [-0.05, 0) is 76.4 Å². The monoisotopic (exact) mass is 501 g/mol. The van der Waals surface area contributed by atoms with E-state index in [1.165, 1.54) is 0 Å². The van der Waals surface area contributed by atoms with E-state index in [1.54, 1.807) is 12.3 Å². The average Bonchev–Trinajstić information content (AvgIpc) is 3.37. The summed E-state index contributed by atoms with van der Waals surface area (Å²) in [6, 6.07) is 12.8. The molecule has 0 amide bonds. The molecular formula is C29H35N5O3. The van der Waals surface area contributed by atoms with Crippen LogP contribution in [0.25, 0.3) is 22.0 Å². The Hall–Kier alpha value is -3.23. The molecule has 4 aromatic rings. The first kappa shape index (κ1) is 24.1. The highest BCUT2D eigenvalue weighted by molar-refractivity contribution is 5.81. The summed E-state index contributed by atoms with van der Waals surface area (Å²) in [6.07, 6.45) is 8.43. The van der Waals surface area contributed by atoms with Gasteiger partial charge in [-0.2, -0.15) is 4.98 Å². The molecule has 4 heterocycles. The second-order valence-electron chi connectivity index (χ2n) is 10.7. The van der Waals surface area contributed by atoms with Crippen molar-refractivity contribution in [3.63, 3.8) is 0 Å². The maximum atomic E-state index is 13.1. The molecule has 8 nitrogen and oxygen atoms in total. The molecule has 1 saturated carbocycles. The van der Waals surface area contributed by atoms with Crippen molar-refractivity contribution in [3.8, 4) is 0 Å². The topological polar surface area (TPSA) is 85.4 Å². The van der Waals surface area contributed by atoms with Crippen molar-refractivity contribution in [1.82, 2.24) is 19.4 Å². The summed E-state index contributed by atoms with van der Waals surface area (Å²) in [5, 5.41) is 5.64. The minimum Gasteiger partial charge on any atom is -0.464 e. The van der Waals surface area contributed by atoms with Gasteiger partial charge in [0.25, 0.3) is 5.56 Å². The van der Waals surface area contributed by atoms with Crippen LogP contribution in [-0.2, 0) is 11.2 Å². The zero-order valence-electron chi connectivity index (χ0n) is 21.7. The van der Waals surface area contributed by atoms with Gasteiger partial charge in [0, 0.05) is 54.6 Å². The van der Waals surface area contributed by atoms with Gasteiger partial charge >= 0.3 is 0 Å². The van der Waals surface area contributed by atoms with Crippen LogP contribution in [0.1, 0.15) is 55.8 Å². The quantitative estimate of drug-likeness (QED) is 0.408. The lowest BCUT2D eigenvalue weighted by Crippen LogP contribution is -2.36. The van der Waals surface area contributed by atoms with E-state index in [0.717, 1.165) is 66.1 Å². The van der Waals surface area contributed by atoms with E-state index < -0.39 is 0 Å². The average molecular weight is 502 g/mol. The lowest BCUT2D eigenvalue weighted by atomic mass is 9.90. The summed E-state index contributed by atoms with van der Waals surface area (Å²) in [7, 11) is 4.32. The third-order valence-corrected chi connectivity index (χ3v) is 8.07. The number of hydrogen-bond acceptors (Lipinski definition) is 7. The van der Waals surface area contributed by atoms with E-state index in [9.17, 15) is 4.79 Å². The number of rotatable bonds is 6. The number of aromatic nitrogens is 3. The number of anilines is 1. The van der Waals surface area contributed by atoms with Crippen LogP contribution in [0.5, 0.6) is 0 Å². The van der Waals surface area contributed by atoms with E-state index in [0.29, 0.717) is 43.3 Å². The smallest absolute Gasteiger partial charge is 0.252 e.